The highest BCUT2D eigenvalue weighted by atomic mass is 35.5. The van der Waals surface area contributed by atoms with Crippen molar-refractivity contribution in [3.8, 4) is 5.75 Å². The van der Waals surface area contributed by atoms with E-state index in [9.17, 15) is 13.2 Å². The Balaban J connectivity index is 1.36. The lowest BCUT2D eigenvalue weighted by Gasteiger charge is -2.33. The SMILES string of the molecule is Cc1ccc(Cl)c(OCn2ccc(C(=O)N3CCN(S(=O)(=O)c4cnn(C)c4C)CC3)n2)c1. The average Bonchev–Trinajstić information content (AvgIpc) is 3.41. The van der Waals surface area contributed by atoms with Crippen LogP contribution in [0.25, 0.3) is 0 Å². The van der Waals surface area contributed by atoms with Crippen LogP contribution < -0.4 is 4.74 Å². The van der Waals surface area contributed by atoms with Crippen LogP contribution in [0.5, 0.6) is 5.75 Å². The average molecular weight is 493 g/mol. The van der Waals surface area contributed by atoms with Gasteiger partial charge in [0.05, 0.1) is 16.9 Å². The molecular weight excluding hydrogens is 468 g/mol. The number of amides is 1. The molecule has 0 saturated carbocycles. The molecular formula is C21H25ClN6O4S. The number of nitrogens with zero attached hydrogens (tertiary/aromatic N) is 6. The molecule has 2 aromatic heterocycles. The Morgan fingerprint density at radius 2 is 1.88 bits per heavy atom. The molecule has 176 valence electrons. The van der Waals surface area contributed by atoms with E-state index in [4.69, 9.17) is 16.3 Å². The van der Waals surface area contributed by atoms with Gasteiger partial charge < -0.3 is 9.64 Å². The third kappa shape index (κ3) is 4.75. The molecule has 3 aromatic rings. The molecule has 1 aliphatic heterocycles. The van der Waals surface area contributed by atoms with Crippen molar-refractivity contribution in [2.45, 2.75) is 25.5 Å². The number of halogens is 1. The van der Waals surface area contributed by atoms with E-state index in [0.717, 1.165) is 5.56 Å². The quantitative estimate of drug-likeness (QED) is 0.522. The van der Waals surface area contributed by atoms with Crippen LogP contribution >= 0.6 is 11.6 Å². The Labute approximate surface area is 197 Å². The van der Waals surface area contributed by atoms with Crippen LogP contribution in [0.15, 0.2) is 41.6 Å². The second-order valence-electron chi connectivity index (χ2n) is 7.86. The van der Waals surface area contributed by atoms with Gasteiger partial charge in [0, 0.05) is 39.4 Å². The van der Waals surface area contributed by atoms with Gasteiger partial charge in [-0.15, -0.1) is 0 Å². The number of aryl methyl sites for hydroxylation is 2. The summed E-state index contributed by atoms with van der Waals surface area (Å²) < 4.78 is 36.0. The van der Waals surface area contributed by atoms with E-state index in [2.05, 4.69) is 10.2 Å². The van der Waals surface area contributed by atoms with Gasteiger partial charge in [0.1, 0.15) is 10.6 Å². The lowest BCUT2D eigenvalue weighted by Crippen LogP contribution is -2.50. The fourth-order valence-corrected chi connectivity index (χ4v) is 5.35. The van der Waals surface area contributed by atoms with Crippen LogP contribution in [-0.4, -0.2) is 69.3 Å². The van der Waals surface area contributed by atoms with E-state index >= 15 is 0 Å². The second kappa shape index (κ2) is 9.16. The Bertz CT molecular complexity index is 1280. The zero-order chi connectivity index (χ0) is 23.8. The smallest absolute Gasteiger partial charge is 0.274 e. The minimum Gasteiger partial charge on any atom is -0.470 e. The molecule has 0 unspecified atom stereocenters. The van der Waals surface area contributed by atoms with Crippen LogP contribution in [0.2, 0.25) is 5.02 Å². The van der Waals surface area contributed by atoms with Crippen molar-refractivity contribution in [3.63, 3.8) is 0 Å². The molecule has 0 aliphatic carbocycles. The van der Waals surface area contributed by atoms with Crippen LogP contribution in [0.3, 0.4) is 0 Å². The standard InChI is InChI=1S/C21H25ClN6O4S/c1-15-4-5-17(22)19(12-15)32-14-27-7-6-18(24-27)21(29)26-8-10-28(11-9-26)33(30,31)20-13-23-25(3)16(20)2/h4-7,12-13H,8-11,14H2,1-3H3. The summed E-state index contributed by atoms with van der Waals surface area (Å²) in [4.78, 5) is 14.7. The third-order valence-corrected chi connectivity index (χ3v) is 7.95. The zero-order valence-corrected chi connectivity index (χ0v) is 20.2. The lowest BCUT2D eigenvalue weighted by atomic mass is 10.2. The number of ether oxygens (including phenoxy) is 1. The Hall–Kier alpha value is -2.89. The summed E-state index contributed by atoms with van der Waals surface area (Å²) >= 11 is 6.15. The van der Waals surface area contributed by atoms with Crippen molar-refractivity contribution in [2.75, 3.05) is 26.2 Å². The van der Waals surface area contributed by atoms with Gasteiger partial charge in [-0.25, -0.2) is 13.1 Å². The van der Waals surface area contributed by atoms with Gasteiger partial charge in [0.2, 0.25) is 10.0 Å². The van der Waals surface area contributed by atoms with Gasteiger partial charge in [0.15, 0.2) is 12.4 Å². The highest BCUT2D eigenvalue weighted by Gasteiger charge is 2.33. The number of carbonyl (C=O) groups is 1. The predicted molar refractivity (Wildman–Crippen MR) is 122 cm³/mol. The molecule has 12 heteroatoms. The monoisotopic (exact) mass is 492 g/mol. The largest absolute Gasteiger partial charge is 0.470 e. The number of sulfonamides is 1. The van der Waals surface area contributed by atoms with Gasteiger partial charge in [-0.1, -0.05) is 17.7 Å². The first-order valence-corrected chi connectivity index (χ1v) is 12.2. The van der Waals surface area contributed by atoms with E-state index < -0.39 is 10.0 Å². The van der Waals surface area contributed by atoms with Gasteiger partial charge in [-0.2, -0.15) is 14.5 Å². The maximum Gasteiger partial charge on any atom is 0.274 e. The fraction of sp³-hybridized carbons (Fsp3) is 0.381. The molecule has 0 radical (unpaired) electrons. The summed E-state index contributed by atoms with van der Waals surface area (Å²) in [6.45, 7) is 4.73. The molecule has 1 saturated heterocycles. The maximum atomic E-state index is 12.9. The van der Waals surface area contributed by atoms with Crippen molar-refractivity contribution >= 4 is 27.5 Å². The summed E-state index contributed by atoms with van der Waals surface area (Å²) in [6.07, 6.45) is 3.02. The molecule has 1 aromatic carbocycles. The number of hydrogen-bond donors (Lipinski definition) is 0. The Morgan fingerprint density at radius 1 is 1.15 bits per heavy atom. The van der Waals surface area contributed by atoms with E-state index in [0.29, 0.717) is 16.5 Å². The molecule has 3 heterocycles. The molecule has 0 bridgehead atoms. The summed E-state index contributed by atoms with van der Waals surface area (Å²) in [6, 6.07) is 7.10. The molecule has 10 nitrogen and oxygen atoms in total. The van der Waals surface area contributed by atoms with Crippen molar-refractivity contribution in [1.29, 1.82) is 0 Å². The second-order valence-corrected chi connectivity index (χ2v) is 10.2. The number of benzene rings is 1. The van der Waals surface area contributed by atoms with Gasteiger partial charge in [-0.05, 0) is 37.6 Å². The van der Waals surface area contributed by atoms with E-state index in [1.807, 2.05) is 19.1 Å². The van der Waals surface area contributed by atoms with E-state index in [-0.39, 0.29) is 49.4 Å². The first-order chi connectivity index (χ1) is 15.7. The summed E-state index contributed by atoms with van der Waals surface area (Å²) in [5.41, 5.74) is 1.87. The molecule has 1 fully saturated rings. The van der Waals surface area contributed by atoms with Crippen molar-refractivity contribution < 1.29 is 17.9 Å². The summed E-state index contributed by atoms with van der Waals surface area (Å²) in [5.74, 6) is 0.290. The van der Waals surface area contributed by atoms with Crippen molar-refractivity contribution in [1.82, 2.24) is 28.8 Å². The molecule has 1 amide bonds. The normalized spacial score (nSPS) is 15.1. The first-order valence-electron chi connectivity index (χ1n) is 10.4. The molecule has 0 spiro atoms. The topological polar surface area (TPSA) is 103 Å². The van der Waals surface area contributed by atoms with Crippen LogP contribution in [-0.2, 0) is 23.8 Å². The van der Waals surface area contributed by atoms with Crippen LogP contribution in [0, 0.1) is 13.8 Å². The molecule has 33 heavy (non-hydrogen) atoms. The predicted octanol–water partition coefficient (Wildman–Crippen LogP) is 2.07. The van der Waals surface area contributed by atoms with Gasteiger partial charge >= 0.3 is 0 Å². The lowest BCUT2D eigenvalue weighted by molar-refractivity contribution is 0.0690. The minimum absolute atomic E-state index is 0.104. The van der Waals surface area contributed by atoms with Gasteiger partial charge in [0.25, 0.3) is 5.91 Å². The highest BCUT2D eigenvalue weighted by molar-refractivity contribution is 7.89. The highest BCUT2D eigenvalue weighted by Crippen LogP contribution is 2.25. The van der Waals surface area contributed by atoms with Crippen LogP contribution in [0.1, 0.15) is 21.7 Å². The van der Waals surface area contributed by atoms with Gasteiger partial charge in [-0.3, -0.25) is 9.48 Å². The molecule has 1 aliphatic rings. The molecule has 0 atom stereocenters. The van der Waals surface area contributed by atoms with Crippen LogP contribution in [0.4, 0.5) is 0 Å². The third-order valence-electron chi connectivity index (χ3n) is 5.63. The fourth-order valence-electron chi connectivity index (χ4n) is 3.57. The van der Waals surface area contributed by atoms with Crippen molar-refractivity contribution in [2.24, 2.45) is 7.05 Å². The molecule has 0 N–H and O–H groups in total. The Kier molecular flexibility index (Phi) is 6.46. The zero-order valence-electron chi connectivity index (χ0n) is 18.6. The number of carbonyl (C=O) groups excluding carboxylic acids is 1. The number of piperazine rings is 1. The van der Waals surface area contributed by atoms with E-state index in [1.54, 1.807) is 37.2 Å². The number of rotatable bonds is 6. The number of hydrogen-bond acceptors (Lipinski definition) is 6. The molecule has 4 rings (SSSR count). The maximum absolute atomic E-state index is 12.9. The summed E-state index contributed by atoms with van der Waals surface area (Å²) in [5, 5.41) is 8.82. The number of aromatic nitrogens is 4. The minimum atomic E-state index is -3.66. The first kappa shape index (κ1) is 23.3. The van der Waals surface area contributed by atoms with E-state index in [1.165, 1.54) is 19.9 Å². The summed E-state index contributed by atoms with van der Waals surface area (Å²) in [7, 11) is -1.96. The Morgan fingerprint density at radius 3 is 2.55 bits per heavy atom. The van der Waals surface area contributed by atoms with Crippen molar-refractivity contribution in [3.05, 3.63) is 58.6 Å².